The van der Waals surface area contributed by atoms with Crippen molar-refractivity contribution in [1.82, 2.24) is 5.32 Å². The first kappa shape index (κ1) is 13.2. The maximum atomic E-state index is 9.75. The molecule has 2 aromatic carbocycles. The molecule has 1 aliphatic heterocycles. The van der Waals surface area contributed by atoms with Gasteiger partial charge in [0.2, 0.25) is 0 Å². The Hall–Kier alpha value is -1.80. The number of aromatic hydroxyl groups is 1. The van der Waals surface area contributed by atoms with E-state index in [2.05, 4.69) is 43.4 Å². The van der Waals surface area contributed by atoms with Gasteiger partial charge in [0.1, 0.15) is 5.75 Å². The molecule has 2 N–H and O–H groups in total. The summed E-state index contributed by atoms with van der Waals surface area (Å²) in [6.07, 6.45) is 2.02. The van der Waals surface area contributed by atoms with Crippen molar-refractivity contribution in [3.05, 3.63) is 64.2 Å². The van der Waals surface area contributed by atoms with E-state index in [0.717, 1.165) is 19.4 Å². The van der Waals surface area contributed by atoms with Crippen LogP contribution >= 0.6 is 0 Å². The summed E-state index contributed by atoms with van der Waals surface area (Å²) in [6.45, 7) is 5.36. The van der Waals surface area contributed by atoms with Crippen LogP contribution in [0.5, 0.6) is 5.75 Å². The van der Waals surface area contributed by atoms with Gasteiger partial charge in [-0.3, -0.25) is 0 Å². The Morgan fingerprint density at radius 2 is 1.90 bits per heavy atom. The van der Waals surface area contributed by atoms with E-state index in [-0.39, 0.29) is 0 Å². The molecule has 0 spiro atoms. The van der Waals surface area contributed by atoms with Gasteiger partial charge in [-0.25, -0.2) is 0 Å². The van der Waals surface area contributed by atoms with Crippen molar-refractivity contribution < 1.29 is 5.11 Å². The van der Waals surface area contributed by atoms with Crippen molar-refractivity contribution in [3.8, 4) is 5.75 Å². The van der Waals surface area contributed by atoms with E-state index in [4.69, 9.17) is 0 Å². The predicted octanol–water partition coefficient (Wildman–Crippen LogP) is 3.44. The van der Waals surface area contributed by atoms with Crippen LogP contribution in [0.2, 0.25) is 0 Å². The third-order valence-electron chi connectivity index (χ3n) is 4.34. The number of benzene rings is 2. The Balaban J connectivity index is 1.95. The molecule has 2 heteroatoms. The van der Waals surface area contributed by atoms with E-state index >= 15 is 0 Å². The third-order valence-corrected chi connectivity index (χ3v) is 4.34. The van der Waals surface area contributed by atoms with Crippen LogP contribution in [0.25, 0.3) is 0 Å². The minimum atomic E-state index is 0.297. The summed E-state index contributed by atoms with van der Waals surface area (Å²) < 4.78 is 0. The van der Waals surface area contributed by atoms with E-state index in [1.165, 1.54) is 27.8 Å². The predicted molar refractivity (Wildman–Crippen MR) is 82.2 cm³/mol. The first-order chi connectivity index (χ1) is 9.65. The van der Waals surface area contributed by atoms with Crippen molar-refractivity contribution in [2.24, 2.45) is 0 Å². The summed E-state index contributed by atoms with van der Waals surface area (Å²) in [5.74, 6) is 0.360. The van der Waals surface area contributed by atoms with Gasteiger partial charge in [0.25, 0.3) is 0 Å². The summed E-state index contributed by atoms with van der Waals surface area (Å²) in [6, 6.07) is 12.5. The number of phenols is 1. The topological polar surface area (TPSA) is 32.3 Å². The second kappa shape index (κ2) is 5.29. The second-order valence-corrected chi connectivity index (χ2v) is 5.71. The number of hydrogen-bond donors (Lipinski definition) is 2. The van der Waals surface area contributed by atoms with Gasteiger partial charge in [-0.1, -0.05) is 24.3 Å². The van der Waals surface area contributed by atoms with Crippen LogP contribution in [0, 0.1) is 13.8 Å². The van der Waals surface area contributed by atoms with E-state index < -0.39 is 0 Å². The lowest BCUT2D eigenvalue weighted by Crippen LogP contribution is -2.31. The molecule has 0 radical (unpaired) electrons. The molecule has 1 unspecified atom stereocenters. The standard InChI is InChI=1S/C18H21NO/c1-12-4-3-5-13(2)16(12)11-18-17-10-15(20)7-6-14(17)8-9-19-18/h3-7,10,18-20H,8-9,11H2,1-2H3. The molecule has 0 aromatic heterocycles. The minimum absolute atomic E-state index is 0.297. The van der Waals surface area contributed by atoms with E-state index in [0.29, 0.717) is 11.8 Å². The van der Waals surface area contributed by atoms with Crippen molar-refractivity contribution in [2.45, 2.75) is 32.7 Å². The molecule has 20 heavy (non-hydrogen) atoms. The molecule has 0 fully saturated rings. The Kier molecular flexibility index (Phi) is 3.49. The Labute approximate surface area is 120 Å². The van der Waals surface area contributed by atoms with Crippen LogP contribution in [-0.4, -0.2) is 11.7 Å². The normalized spacial score (nSPS) is 17.8. The number of hydrogen-bond acceptors (Lipinski definition) is 2. The van der Waals surface area contributed by atoms with E-state index in [9.17, 15) is 5.11 Å². The first-order valence-electron chi connectivity index (χ1n) is 7.25. The summed E-state index contributed by atoms with van der Waals surface area (Å²) in [5, 5.41) is 13.3. The molecule has 1 heterocycles. The van der Waals surface area contributed by atoms with Gasteiger partial charge < -0.3 is 10.4 Å². The van der Waals surface area contributed by atoms with Gasteiger partial charge in [-0.2, -0.15) is 0 Å². The first-order valence-corrected chi connectivity index (χ1v) is 7.25. The number of fused-ring (bicyclic) bond motifs is 1. The van der Waals surface area contributed by atoms with Gasteiger partial charge in [0, 0.05) is 6.04 Å². The monoisotopic (exact) mass is 267 g/mol. The van der Waals surface area contributed by atoms with E-state index in [1.807, 2.05) is 6.07 Å². The van der Waals surface area contributed by atoms with Gasteiger partial charge in [0.05, 0.1) is 0 Å². The zero-order valence-electron chi connectivity index (χ0n) is 12.1. The van der Waals surface area contributed by atoms with Gasteiger partial charge in [-0.15, -0.1) is 0 Å². The SMILES string of the molecule is Cc1cccc(C)c1CC1NCCc2ccc(O)cc21. The maximum Gasteiger partial charge on any atom is 0.115 e. The molecule has 2 aromatic rings. The highest BCUT2D eigenvalue weighted by atomic mass is 16.3. The lowest BCUT2D eigenvalue weighted by atomic mass is 9.87. The summed E-state index contributed by atoms with van der Waals surface area (Å²) in [7, 11) is 0. The fourth-order valence-electron chi connectivity index (χ4n) is 3.18. The molecule has 0 bridgehead atoms. The molecule has 104 valence electrons. The molecule has 0 aliphatic carbocycles. The van der Waals surface area contributed by atoms with Crippen molar-refractivity contribution in [2.75, 3.05) is 6.54 Å². The summed E-state index contributed by atoms with van der Waals surface area (Å²) in [5.41, 5.74) is 6.72. The highest BCUT2D eigenvalue weighted by molar-refractivity contribution is 5.41. The Morgan fingerprint density at radius 3 is 2.65 bits per heavy atom. The summed E-state index contributed by atoms with van der Waals surface area (Å²) >= 11 is 0. The lowest BCUT2D eigenvalue weighted by Gasteiger charge is -2.28. The fourth-order valence-corrected chi connectivity index (χ4v) is 3.18. The average molecular weight is 267 g/mol. The van der Waals surface area contributed by atoms with Gasteiger partial charge >= 0.3 is 0 Å². The molecular formula is C18H21NO. The number of aryl methyl sites for hydroxylation is 2. The Morgan fingerprint density at radius 1 is 1.15 bits per heavy atom. The van der Waals surface area contributed by atoms with Gasteiger partial charge in [0.15, 0.2) is 0 Å². The molecule has 3 rings (SSSR count). The smallest absolute Gasteiger partial charge is 0.115 e. The molecule has 0 amide bonds. The van der Waals surface area contributed by atoms with Crippen LogP contribution in [0.1, 0.15) is 33.9 Å². The molecule has 0 saturated heterocycles. The zero-order chi connectivity index (χ0) is 14.1. The zero-order valence-corrected chi connectivity index (χ0v) is 12.1. The van der Waals surface area contributed by atoms with Crippen LogP contribution in [0.4, 0.5) is 0 Å². The van der Waals surface area contributed by atoms with Gasteiger partial charge in [-0.05, 0) is 73.2 Å². The number of phenolic OH excluding ortho intramolecular Hbond substituents is 1. The van der Waals surface area contributed by atoms with Crippen LogP contribution in [0.3, 0.4) is 0 Å². The number of rotatable bonds is 2. The largest absolute Gasteiger partial charge is 0.508 e. The lowest BCUT2D eigenvalue weighted by molar-refractivity contribution is 0.463. The highest BCUT2D eigenvalue weighted by Crippen LogP contribution is 2.30. The van der Waals surface area contributed by atoms with Crippen molar-refractivity contribution in [1.29, 1.82) is 0 Å². The van der Waals surface area contributed by atoms with Crippen LogP contribution < -0.4 is 5.32 Å². The highest BCUT2D eigenvalue weighted by Gasteiger charge is 2.21. The quantitative estimate of drug-likeness (QED) is 0.873. The molecule has 1 atom stereocenters. The van der Waals surface area contributed by atoms with Crippen LogP contribution in [0.15, 0.2) is 36.4 Å². The minimum Gasteiger partial charge on any atom is -0.508 e. The van der Waals surface area contributed by atoms with Crippen molar-refractivity contribution >= 4 is 0 Å². The second-order valence-electron chi connectivity index (χ2n) is 5.71. The number of nitrogens with one attached hydrogen (secondary N) is 1. The summed E-state index contributed by atoms with van der Waals surface area (Å²) in [4.78, 5) is 0. The van der Waals surface area contributed by atoms with E-state index in [1.54, 1.807) is 6.07 Å². The van der Waals surface area contributed by atoms with Crippen molar-refractivity contribution in [3.63, 3.8) is 0 Å². The Bertz CT molecular complexity index is 613. The third kappa shape index (κ3) is 2.44. The fraction of sp³-hybridized carbons (Fsp3) is 0.333. The molecule has 2 nitrogen and oxygen atoms in total. The molecule has 0 saturated carbocycles. The average Bonchev–Trinajstić information content (AvgIpc) is 2.43. The molecule has 1 aliphatic rings. The molecular weight excluding hydrogens is 246 g/mol. The maximum absolute atomic E-state index is 9.75. The van der Waals surface area contributed by atoms with Crippen LogP contribution in [-0.2, 0) is 12.8 Å².